The highest BCUT2D eigenvalue weighted by molar-refractivity contribution is 6.31. The largest absolute Gasteiger partial charge is 0.350 e. The highest BCUT2D eigenvalue weighted by Crippen LogP contribution is 2.30. The molecule has 0 radical (unpaired) electrons. The minimum Gasteiger partial charge on any atom is -0.350 e. The van der Waals surface area contributed by atoms with Crippen LogP contribution in [0.4, 0.5) is 0 Å². The number of rotatable bonds is 1. The molecule has 4 rings (SSSR count). The Morgan fingerprint density at radius 3 is 2.68 bits per heavy atom. The molecule has 1 aromatic carbocycles. The van der Waals surface area contributed by atoms with Gasteiger partial charge in [0.1, 0.15) is 5.69 Å². The zero-order valence-corrected chi connectivity index (χ0v) is 12.9. The van der Waals surface area contributed by atoms with Crippen LogP contribution in [-0.2, 0) is 6.54 Å². The normalized spacial score (nSPS) is 19.0. The Bertz CT molecular complexity index is 821. The van der Waals surface area contributed by atoms with Crippen molar-refractivity contribution in [3.8, 4) is 0 Å². The number of halogens is 1. The molecule has 22 heavy (non-hydrogen) atoms. The maximum atomic E-state index is 12.7. The Morgan fingerprint density at radius 2 is 1.91 bits per heavy atom. The highest BCUT2D eigenvalue weighted by Gasteiger charge is 2.35. The second kappa shape index (κ2) is 5.13. The average Bonchev–Trinajstić information content (AvgIpc) is 2.87. The molecule has 1 fully saturated rings. The van der Waals surface area contributed by atoms with Crippen molar-refractivity contribution < 1.29 is 4.79 Å². The lowest BCUT2D eigenvalue weighted by atomic mass is 9.94. The molecule has 0 bridgehead atoms. The van der Waals surface area contributed by atoms with Gasteiger partial charge in [-0.05, 0) is 31.0 Å². The Hall–Kier alpha value is -1.81. The summed E-state index contributed by atoms with van der Waals surface area (Å²) in [6, 6.07) is 5.43. The fraction of sp³-hybridized carbons (Fsp3) is 0.412. The summed E-state index contributed by atoms with van der Waals surface area (Å²) in [6.45, 7) is 0.427. The number of aromatic amines is 1. The third-order valence-corrected chi connectivity index (χ3v) is 5.12. The molecular formula is C17H17ClN2O2. The van der Waals surface area contributed by atoms with Crippen LogP contribution >= 0.6 is 11.6 Å². The molecule has 4 nitrogen and oxygen atoms in total. The van der Waals surface area contributed by atoms with Gasteiger partial charge in [-0.15, -0.1) is 0 Å². The quantitative estimate of drug-likeness (QED) is 0.876. The van der Waals surface area contributed by atoms with E-state index < -0.39 is 0 Å². The summed E-state index contributed by atoms with van der Waals surface area (Å²) in [5.41, 5.74) is 1.65. The lowest BCUT2D eigenvalue weighted by Gasteiger charge is -2.30. The van der Waals surface area contributed by atoms with Gasteiger partial charge in [-0.25, -0.2) is 0 Å². The highest BCUT2D eigenvalue weighted by atomic mass is 35.5. The monoisotopic (exact) mass is 316 g/mol. The van der Waals surface area contributed by atoms with Crippen LogP contribution in [0.3, 0.4) is 0 Å². The van der Waals surface area contributed by atoms with Gasteiger partial charge in [0.15, 0.2) is 5.43 Å². The van der Waals surface area contributed by atoms with E-state index in [0.717, 1.165) is 25.7 Å². The number of hydrogen-bond donors (Lipinski definition) is 1. The number of benzene rings is 1. The molecule has 1 aliphatic heterocycles. The van der Waals surface area contributed by atoms with Gasteiger partial charge in [-0.2, -0.15) is 0 Å². The van der Waals surface area contributed by atoms with Gasteiger partial charge in [0.05, 0.1) is 6.54 Å². The molecule has 5 heteroatoms. The van der Waals surface area contributed by atoms with Gasteiger partial charge < -0.3 is 9.88 Å². The molecule has 2 heterocycles. The number of nitrogens with one attached hydrogen (secondary N) is 1. The number of aromatic nitrogens is 1. The summed E-state index contributed by atoms with van der Waals surface area (Å²) in [4.78, 5) is 30.4. The van der Waals surface area contributed by atoms with Crippen LogP contribution in [0.1, 0.15) is 48.2 Å². The Balaban J connectivity index is 1.81. The standard InChI is InChI=1S/C17H17ClN2O2/c18-10-6-7-14-12(8-10)16(21)13-9-20(17(22)15(13)19-14)11-4-2-1-3-5-11/h6-8,11H,1-5,9H2,(H,19,21). The van der Waals surface area contributed by atoms with E-state index in [-0.39, 0.29) is 17.4 Å². The minimum atomic E-state index is -0.0714. The predicted molar refractivity (Wildman–Crippen MR) is 86.3 cm³/mol. The number of nitrogens with zero attached hydrogens (tertiary/aromatic N) is 1. The molecule has 114 valence electrons. The number of amides is 1. The number of H-pyrrole nitrogens is 1. The van der Waals surface area contributed by atoms with E-state index in [1.165, 1.54) is 6.42 Å². The first-order valence-electron chi connectivity index (χ1n) is 7.80. The van der Waals surface area contributed by atoms with E-state index in [9.17, 15) is 9.59 Å². The average molecular weight is 317 g/mol. The summed E-state index contributed by atoms with van der Waals surface area (Å²) < 4.78 is 0. The van der Waals surface area contributed by atoms with Gasteiger partial charge in [0.25, 0.3) is 5.91 Å². The molecule has 0 atom stereocenters. The fourth-order valence-corrected chi connectivity index (χ4v) is 3.88. The molecule has 2 aliphatic rings. The van der Waals surface area contributed by atoms with Crippen LogP contribution in [-0.4, -0.2) is 21.8 Å². The first-order valence-corrected chi connectivity index (χ1v) is 8.18. The van der Waals surface area contributed by atoms with Crippen molar-refractivity contribution >= 4 is 28.4 Å². The van der Waals surface area contributed by atoms with Gasteiger partial charge in [-0.1, -0.05) is 30.9 Å². The molecular weight excluding hydrogens is 300 g/mol. The maximum absolute atomic E-state index is 12.7. The Kier molecular flexibility index (Phi) is 3.22. The van der Waals surface area contributed by atoms with Crippen LogP contribution < -0.4 is 5.43 Å². The second-order valence-electron chi connectivity index (χ2n) is 6.22. The Labute approximate surface area is 133 Å². The molecule has 1 aliphatic carbocycles. The van der Waals surface area contributed by atoms with Crippen LogP contribution in [0.5, 0.6) is 0 Å². The molecule has 0 saturated heterocycles. The van der Waals surface area contributed by atoms with Crippen molar-refractivity contribution in [2.75, 3.05) is 0 Å². The number of carbonyl (C=O) groups excluding carboxylic acids is 1. The lowest BCUT2D eigenvalue weighted by Crippen LogP contribution is -2.37. The van der Waals surface area contributed by atoms with Gasteiger partial charge in [0, 0.05) is 27.5 Å². The van der Waals surface area contributed by atoms with E-state index >= 15 is 0 Å². The first kappa shape index (κ1) is 13.8. The summed E-state index contributed by atoms with van der Waals surface area (Å²) in [6.07, 6.45) is 5.65. The van der Waals surface area contributed by atoms with E-state index in [1.807, 2.05) is 4.90 Å². The number of carbonyl (C=O) groups is 1. The molecule has 1 N–H and O–H groups in total. The molecule has 0 unspecified atom stereocenters. The second-order valence-corrected chi connectivity index (χ2v) is 6.66. The number of fused-ring (bicyclic) bond motifs is 2. The van der Waals surface area contributed by atoms with E-state index in [1.54, 1.807) is 18.2 Å². The summed E-state index contributed by atoms with van der Waals surface area (Å²) >= 11 is 5.99. The third kappa shape index (κ3) is 2.05. The van der Waals surface area contributed by atoms with E-state index in [2.05, 4.69) is 4.98 Å². The van der Waals surface area contributed by atoms with Crippen molar-refractivity contribution in [3.05, 3.63) is 44.7 Å². The van der Waals surface area contributed by atoms with Crippen molar-refractivity contribution in [1.29, 1.82) is 0 Å². The number of pyridine rings is 1. The van der Waals surface area contributed by atoms with Crippen LogP contribution in [0.25, 0.3) is 10.9 Å². The first-order chi connectivity index (χ1) is 10.6. The summed E-state index contributed by atoms with van der Waals surface area (Å²) in [5.74, 6) is -0.0316. The van der Waals surface area contributed by atoms with Crippen LogP contribution in [0.2, 0.25) is 5.02 Å². The zero-order valence-electron chi connectivity index (χ0n) is 12.2. The zero-order chi connectivity index (χ0) is 15.3. The SMILES string of the molecule is O=C1c2[nH]c3ccc(Cl)cc3c(=O)c2CN1C1CCCCC1. The van der Waals surface area contributed by atoms with Crippen molar-refractivity contribution in [3.63, 3.8) is 0 Å². The van der Waals surface area contributed by atoms with Crippen molar-refractivity contribution in [2.24, 2.45) is 0 Å². The molecule has 1 saturated carbocycles. The van der Waals surface area contributed by atoms with E-state index in [4.69, 9.17) is 11.6 Å². The smallest absolute Gasteiger partial charge is 0.271 e. The maximum Gasteiger partial charge on any atom is 0.271 e. The molecule has 2 aromatic rings. The van der Waals surface area contributed by atoms with Crippen LogP contribution in [0.15, 0.2) is 23.0 Å². The predicted octanol–water partition coefficient (Wildman–Crippen LogP) is 3.47. The molecule has 1 amide bonds. The van der Waals surface area contributed by atoms with Gasteiger partial charge in [-0.3, -0.25) is 9.59 Å². The van der Waals surface area contributed by atoms with Gasteiger partial charge in [0.2, 0.25) is 0 Å². The lowest BCUT2D eigenvalue weighted by molar-refractivity contribution is 0.0656. The summed E-state index contributed by atoms with van der Waals surface area (Å²) in [5, 5.41) is 1.09. The third-order valence-electron chi connectivity index (χ3n) is 4.88. The minimum absolute atomic E-state index is 0.0316. The van der Waals surface area contributed by atoms with Crippen molar-refractivity contribution in [2.45, 2.75) is 44.7 Å². The van der Waals surface area contributed by atoms with Gasteiger partial charge >= 0.3 is 0 Å². The fourth-order valence-electron chi connectivity index (χ4n) is 3.71. The van der Waals surface area contributed by atoms with Crippen LogP contribution in [0, 0.1) is 0 Å². The Morgan fingerprint density at radius 1 is 1.14 bits per heavy atom. The topological polar surface area (TPSA) is 53.2 Å². The van der Waals surface area contributed by atoms with E-state index in [0.29, 0.717) is 33.7 Å². The molecule has 1 aromatic heterocycles. The number of hydrogen-bond acceptors (Lipinski definition) is 2. The van der Waals surface area contributed by atoms with Crippen molar-refractivity contribution in [1.82, 2.24) is 9.88 Å². The summed E-state index contributed by atoms with van der Waals surface area (Å²) in [7, 11) is 0. The molecule has 0 spiro atoms.